The number of hydrogen-bond acceptors (Lipinski definition) is 3. The van der Waals surface area contributed by atoms with Crippen molar-refractivity contribution in [1.29, 1.82) is 0 Å². The van der Waals surface area contributed by atoms with Crippen LogP contribution in [0, 0.1) is 0 Å². The minimum Gasteiger partial charge on any atom is -0.392 e. The molecule has 1 heterocycles. The maximum atomic E-state index is 8.92. The average molecular weight is 101 g/mol. The van der Waals surface area contributed by atoms with Crippen molar-refractivity contribution < 1.29 is 9.94 Å². The summed E-state index contributed by atoms with van der Waals surface area (Å²) in [6.45, 7) is 1.93. The Hall–Kier alpha value is -0.570. The van der Waals surface area contributed by atoms with Crippen molar-refractivity contribution in [1.82, 2.24) is 0 Å². The van der Waals surface area contributed by atoms with Crippen LogP contribution in [0.25, 0.3) is 0 Å². The van der Waals surface area contributed by atoms with E-state index in [0.717, 1.165) is 0 Å². The van der Waals surface area contributed by atoms with Gasteiger partial charge in [-0.15, -0.1) is 0 Å². The highest BCUT2D eigenvalue weighted by Crippen LogP contribution is 2.05. The zero-order valence-corrected chi connectivity index (χ0v) is 4.09. The Labute approximate surface area is 41.6 Å². The Morgan fingerprint density at radius 2 is 2.71 bits per heavy atom. The summed E-state index contributed by atoms with van der Waals surface area (Å²) in [5.41, 5.74) is -0.819. The maximum Gasteiger partial charge on any atom is 0.150 e. The molecular formula is C4H7NO2. The van der Waals surface area contributed by atoms with Crippen molar-refractivity contribution in [3.05, 3.63) is 0 Å². The number of aliphatic hydroxyl groups is 1. The molecule has 1 atom stereocenters. The summed E-state index contributed by atoms with van der Waals surface area (Å²) < 4.78 is 0. The SMILES string of the molecule is C[C@]1(O)C=NOC1. The van der Waals surface area contributed by atoms with Gasteiger partial charge in [-0.05, 0) is 6.92 Å². The molecule has 0 saturated carbocycles. The largest absolute Gasteiger partial charge is 0.392 e. The Morgan fingerprint density at radius 1 is 2.00 bits per heavy atom. The smallest absolute Gasteiger partial charge is 0.150 e. The number of oxime groups is 1. The lowest BCUT2D eigenvalue weighted by atomic mass is 10.2. The number of nitrogens with zero attached hydrogens (tertiary/aromatic N) is 1. The van der Waals surface area contributed by atoms with Crippen molar-refractivity contribution in [3.63, 3.8) is 0 Å². The van der Waals surface area contributed by atoms with Crippen LogP contribution in [-0.4, -0.2) is 23.5 Å². The van der Waals surface area contributed by atoms with Crippen LogP contribution < -0.4 is 0 Å². The Kier molecular flexibility index (Phi) is 0.785. The minimum absolute atomic E-state index is 0.285. The van der Waals surface area contributed by atoms with Gasteiger partial charge in [-0.2, -0.15) is 0 Å². The lowest BCUT2D eigenvalue weighted by Gasteiger charge is -2.05. The molecule has 0 amide bonds. The number of rotatable bonds is 0. The van der Waals surface area contributed by atoms with E-state index in [1.807, 2.05) is 0 Å². The summed E-state index contributed by atoms with van der Waals surface area (Å²) in [4.78, 5) is 4.48. The average Bonchev–Trinajstić information content (AvgIpc) is 1.84. The van der Waals surface area contributed by atoms with Crippen molar-refractivity contribution in [2.75, 3.05) is 6.61 Å². The van der Waals surface area contributed by atoms with Gasteiger partial charge >= 0.3 is 0 Å². The fourth-order valence-electron chi connectivity index (χ4n) is 0.356. The third-order valence-electron chi connectivity index (χ3n) is 0.762. The molecule has 1 aliphatic heterocycles. The standard InChI is InChI=1S/C4H7NO2/c1-4(6)2-5-7-3-4/h2,6H,3H2,1H3/t4-/m0/s1. The van der Waals surface area contributed by atoms with Gasteiger partial charge in [-0.1, -0.05) is 5.16 Å². The predicted octanol–water partition coefficient (Wildman–Crippen LogP) is -0.247. The van der Waals surface area contributed by atoms with Crippen LogP contribution in [0.1, 0.15) is 6.92 Å². The predicted molar refractivity (Wildman–Crippen MR) is 25.1 cm³/mol. The van der Waals surface area contributed by atoms with Gasteiger partial charge in [0.25, 0.3) is 0 Å². The molecule has 0 aliphatic carbocycles. The van der Waals surface area contributed by atoms with Crippen LogP contribution >= 0.6 is 0 Å². The van der Waals surface area contributed by atoms with E-state index in [1.165, 1.54) is 6.21 Å². The van der Waals surface area contributed by atoms with Crippen LogP contribution in [0.4, 0.5) is 0 Å². The first-order valence-electron chi connectivity index (χ1n) is 2.10. The summed E-state index contributed by atoms with van der Waals surface area (Å²) in [6.07, 6.45) is 1.38. The van der Waals surface area contributed by atoms with E-state index >= 15 is 0 Å². The third-order valence-corrected chi connectivity index (χ3v) is 0.762. The molecule has 0 spiro atoms. The van der Waals surface area contributed by atoms with Crippen LogP contribution in [0.5, 0.6) is 0 Å². The molecule has 1 N–H and O–H groups in total. The zero-order valence-electron chi connectivity index (χ0n) is 4.09. The highest BCUT2D eigenvalue weighted by molar-refractivity contribution is 5.68. The van der Waals surface area contributed by atoms with Crippen LogP contribution in [0.3, 0.4) is 0 Å². The van der Waals surface area contributed by atoms with E-state index in [0.29, 0.717) is 0 Å². The second-order valence-electron chi connectivity index (χ2n) is 1.87. The summed E-state index contributed by atoms with van der Waals surface area (Å²) in [5, 5.41) is 12.3. The van der Waals surface area contributed by atoms with Gasteiger partial charge in [0, 0.05) is 0 Å². The molecule has 40 valence electrons. The van der Waals surface area contributed by atoms with E-state index in [-0.39, 0.29) is 6.61 Å². The van der Waals surface area contributed by atoms with E-state index in [2.05, 4.69) is 9.99 Å². The molecule has 0 fully saturated rings. The highest BCUT2D eigenvalue weighted by atomic mass is 16.6. The minimum atomic E-state index is -0.819. The molecule has 0 bridgehead atoms. The van der Waals surface area contributed by atoms with Gasteiger partial charge in [-0.3, -0.25) is 0 Å². The monoisotopic (exact) mass is 101 g/mol. The van der Waals surface area contributed by atoms with Crippen molar-refractivity contribution in [2.24, 2.45) is 5.16 Å². The maximum absolute atomic E-state index is 8.92. The lowest BCUT2D eigenvalue weighted by Crippen LogP contribution is -2.26. The highest BCUT2D eigenvalue weighted by Gasteiger charge is 2.22. The fourth-order valence-corrected chi connectivity index (χ4v) is 0.356. The van der Waals surface area contributed by atoms with Gasteiger partial charge in [0.2, 0.25) is 0 Å². The van der Waals surface area contributed by atoms with E-state index in [1.54, 1.807) is 6.92 Å². The lowest BCUT2D eigenvalue weighted by molar-refractivity contribution is 0.0476. The molecule has 3 nitrogen and oxygen atoms in total. The molecule has 0 aromatic carbocycles. The van der Waals surface area contributed by atoms with Crippen molar-refractivity contribution in [3.8, 4) is 0 Å². The Balaban J connectivity index is 2.57. The molecule has 0 radical (unpaired) electrons. The molecule has 0 aromatic rings. The third kappa shape index (κ3) is 0.899. The van der Waals surface area contributed by atoms with E-state index in [9.17, 15) is 0 Å². The molecule has 0 aromatic heterocycles. The van der Waals surface area contributed by atoms with Crippen LogP contribution in [0.15, 0.2) is 5.16 Å². The van der Waals surface area contributed by atoms with Gasteiger partial charge in [0.15, 0.2) is 6.61 Å². The summed E-state index contributed by atoms with van der Waals surface area (Å²) in [5.74, 6) is 0. The van der Waals surface area contributed by atoms with Crippen LogP contribution in [0.2, 0.25) is 0 Å². The van der Waals surface area contributed by atoms with Crippen molar-refractivity contribution in [2.45, 2.75) is 12.5 Å². The van der Waals surface area contributed by atoms with Crippen LogP contribution in [-0.2, 0) is 4.84 Å². The first-order chi connectivity index (χ1) is 3.21. The van der Waals surface area contributed by atoms with Gasteiger partial charge < -0.3 is 9.94 Å². The fraction of sp³-hybridized carbons (Fsp3) is 0.750. The molecule has 3 heteroatoms. The first kappa shape index (κ1) is 4.59. The molecule has 0 unspecified atom stereocenters. The molecule has 1 rings (SSSR count). The Bertz CT molecular complexity index is 97.9. The normalized spacial score (nSPS) is 38.6. The number of hydrogen-bond donors (Lipinski definition) is 1. The summed E-state index contributed by atoms with van der Waals surface area (Å²) in [7, 11) is 0. The van der Waals surface area contributed by atoms with Crippen molar-refractivity contribution >= 4 is 6.21 Å². The summed E-state index contributed by atoms with van der Waals surface area (Å²) in [6, 6.07) is 0. The van der Waals surface area contributed by atoms with E-state index < -0.39 is 5.60 Å². The molecular weight excluding hydrogens is 94.0 g/mol. The molecule has 7 heavy (non-hydrogen) atoms. The summed E-state index contributed by atoms with van der Waals surface area (Å²) >= 11 is 0. The topological polar surface area (TPSA) is 41.8 Å². The second-order valence-corrected chi connectivity index (χ2v) is 1.87. The molecule has 0 saturated heterocycles. The first-order valence-corrected chi connectivity index (χ1v) is 2.10. The van der Waals surface area contributed by atoms with Gasteiger partial charge in [0.05, 0.1) is 6.21 Å². The quantitative estimate of drug-likeness (QED) is 0.457. The second kappa shape index (κ2) is 1.20. The Morgan fingerprint density at radius 3 is 2.86 bits per heavy atom. The van der Waals surface area contributed by atoms with Gasteiger partial charge in [-0.25, -0.2) is 0 Å². The van der Waals surface area contributed by atoms with Gasteiger partial charge in [0.1, 0.15) is 5.60 Å². The zero-order chi connectivity index (χ0) is 5.33. The molecule has 1 aliphatic rings. The van der Waals surface area contributed by atoms with E-state index in [4.69, 9.17) is 5.11 Å².